The summed E-state index contributed by atoms with van der Waals surface area (Å²) in [7, 11) is 0. The van der Waals surface area contributed by atoms with E-state index in [1.165, 1.54) is 0 Å². The Labute approximate surface area is 255 Å². The summed E-state index contributed by atoms with van der Waals surface area (Å²) >= 11 is 0. The number of nitrogens with zero attached hydrogens (tertiary/aromatic N) is 1. The molecule has 0 aliphatic heterocycles. The number of Topliss-reactive ketones (excluding diaryl/α,β-unsaturated/α-hetero) is 3. The van der Waals surface area contributed by atoms with Crippen molar-refractivity contribution in [2.75, 3.05) is 5.32 Å². The van der Waals surface area contributed by atoms with E-state index in [0.29, 0.717) is 28.1 Å². The first-order valence-corrected chi connectivity index (χ1v) is 13.2. The number of para-hydroxylation sites is 2. The quantitative estimate of drug-likeness (QED) is 0.0954. The molecule has 42 heavy (non-hydrogen) atoms. The number of benzene rings is 5. The molecule has 5 nitrogen and oxygen atoms in total. The van der Waals surface area contributed by atoms with Gasteiger partial charge in [-0.05, 0) is 18.2 Å². The number of allylic oxidation sites excluding steroid dienone is 1. The zero-order valence-corrected chi connectivity index (χ0v) is 23.5. The molecule has 0 unspecified atom stereocenters. The van der Waals surface area contributed by atoms with Gasteiger partial charge in [0.05, 0.1) is 5.70 Å². The SMILES string of the molecule is O=C(/C(Nc1ccccc1)=C(\C(=O)c1ccccc1)[C@@H]([N-]c1ccccc1)C(=O)c1ccccc1)c1ccccc1.[Ni]. The number of hydrogen-bond donors (Lipinski definition) is 1. The maximum absolute atomic E-state index is 14.4. The fraction of sp³-hybridized carbons (Fsp3) is 0.0278. The van der Waals surface area contributed by atoms with Gasteiger partial charge in [-0.1, -0.05) is 140 Å². The average Bonchev–Trinajstić information content (AvgIpc) is 3.05. The van der Waals surface area contributed by atoms with Crippen LogP contribution < -0.4 is 5.32 Å². The van der Waals surface area contributed by atoms with E-state index >= 15 is 0 Å². The molecule has 1 N–H and O–H groups in total. The van der Waals surface area contributed by atoms with Crippen LogP contribution in [0.5, 0.6) is 0 Å². The van der Waals surface area contributed by atoms with Crippen LogP contribution in [0.15, 0.2) is 163 Å². The minimum absolute atomic E-state index is 0. The van der Waals surface area contributed by atoms with Crippen LogP contribution in [0.1, 0.15) is 31.1 Å². The summed E-state index contributed by atoms with van der Waals surface area (Å²) in [6.45, 7) is 0. The second-order valence-corrected chi connectivity index (χ2v) is 9.27. The molecule has 0 radical (unpaired) electrons. The predicted molar refractivity (Wildman–Crippen MR) is 163 cm³/mol. The Kier molecular flexibility index (Phi) is 10.4. The van der Waals surface area contributed by atoms with Gasteiger partial charge in [-0.2, -0.15) is 0 Å². The van der Waals surface area contributed by atoms with E-state index in [-0.39, 0.29) is 27.8 Å². The predicted octanol–water partition coefficient (Wildman–Crippen LogP) is 8.07. The second kappa shape index (κ2) is 14.5. The Morgan fingerprint density at radius 2 is 0.905 bits per heavy atom. The van der Waals surface area contributed by atoms with Crippen molar-refractivity contribution < 1.29 is 30.9 Å². The van der Waals surface area contributed by atoms with Gasteiger partial charge in [0.15, 0.2) is 11.6 Å². The minimum Gasteiger partial charge on any atom is -0.672 e. The largest absolute Gasteiger partial charge is 0.672 e. The van der Waals surface area contributed by atoms with Crippen molar-refractivity contribution in [3.05, 3.63) is 185 Å². The maximum Gasteiger partial charge on any atom is 0.209 e. The van der Waals surface area contributed by atoms with E-state index in [1.807, 2.05) is 48.5 Å². The molecule has 0 aliphatic rings. The third-order valence-corrected chi connectivity index (χ3v) is 6.47. The molecule has 0 saturated heterocycles. The summed E-state index contributed by atoms with van der Waals surface area (Å²) in [5.74, 6) is -1.30. The van der Waals surface area contributed by atoms with Crippen LogP contribution in [0.2, 0.25) is 0 Å². The zero-order chi connectivity index (χ0) is 28.4. The van der Waals surface area contributed by atoms with Gasteiger partial charge in [0.25, 0.3) is 0 Å². The summed E-state index contributed by atoms with van der Waals surface area (Å²) in [5.41, 5.74) is 2.14. The second-order valence-electron chi connectivity index (χ2n) is 9.27. The average molecular weight is 594 g/mol. The Morgan fingerprint density at radius 3 is 1.40 bits per heavy atom. The number of carbonyl (C=O) groups excluding carboxylic acids is 3. The molecular formula is C36H27N2NiO3-. The number of rotatable bonds is 11. The normalized spacial score (nSPS) is 11.7. The van der Waals surface area contributed by atoms with E-state index in [1.54, 1.807) is 103 Å². The van der Waals surface area contributed by atoms with Crippen molar-refractivity contribution in [3.63, 3.8) is 0 Å². The summed E-state index contributed by atoms with van der Waals surface area (Å²) in [6.07, 6.45) is 0. The van der Waals surface area contributed by atoms with Crippen molar-refractivity contribution in [3.8, 4) is 0 Å². The van der Waals surface area contributed by atoms with Crippen molar-refractivity contribution in [1.82, 2.24) is 0 Å². The molecule has 0 aromatic heterocycles. The van der Waals surface area contributed by atoms with E-state index in [2.05, 4.69) is 5.32 Å². The fourth-order valence-corrected chi connectivity index (χ4v) is 4.44. The van der Waals surface area contributed by atoms with Gasteiger partial charge in [0, 0.05) is 44.4 Å². The molecule has 0 heterocycles. The van der Waals surface area contributed by atoms with Gasteiger partial charge >= 0.3 is 0 Å². The van der Waals surface area contributed by atoms with Crippen LogP contribution >= 0.6 is 0 Å². The topological polar surface area (TPSA) is 77.3 Å². The molecule has 5 rings (SSSR count). The van der Waals surface area contributed by atoms with Gasteiger partial charge in [-0.3, -0.25) is 14.4 Å². The van der Waals surface area contributed by atoms with Crippen molar-refractivity contribution in [2.45, 2.75) is 6.04 Å². The smallest absolute Gasteiger partial charge is 0.209 e. The third kappa shape index (κ3) is 7.17. The molecule has 210 valence electrons. The number of carbonyl (C=O) groups is 3. The van der Waals surface area contributed by atoms with Crippen LogP contribution in [-0.4, -0.2) is 23.4 Å². The zero-order valence-electron chi connectivity index (χ0n) is 22.5. The van der Waals surface area contributed by atoms with E-state index < -0.39 is 23.4 Å². The molecule has 0 fully saturated rings. The molecule has 0 bridgehead atoms. The Hall–Kier alpha value is -5.06. The van der Waals surface area contributed by atoms with Gasteiger partial charge in [-0.15, -0.1) is 5.69 Å². The van der Waals surface area contributed by atoms with Crippen LogP contribution in [0.3, 0.4) is 0 Å². The molecule has 5 aromatic rings. The Balaban J connectivity index is 0.00000405. The molecule has 1 atom stereocenters. The van der Waals surface area contributed by atoms with E-state index in [0.717, 1.165) is 0 Å². The van der Waals surface area contributed by atoms with Gasteiger partial charge in [0.1, 0.15) is 0 Å². The molecule has 0 aliphatic carbocycles. The maximum atomic E-state index is 14.4. The summed E-state index contributed by atoms with van der Waals surface area (Å²) in [6, 6.07) is 42.8. The van der Waals surface area contributed by atoms with Crippen LogP contribution in [-0.2, 0) is 16.5 Å². The van der Waals surface area contributed by atoms with E-state index in [9.17, 15) is 14.4 Å². The third-order valence-electron chi connectivity index (χ3n) is 6.47. The van der Waals surface area contributed by atoms with Crippen molar-refractivity contribution in [1.29, 1.82) is 0 Å². The van der Waals surface area contributed by atoms with Crippen LogP contribution in [0.4, 0.5) is 11.4 Å². The first-order valence-electron chi connectivity index (χ1n) is 13.2. The molecule has 0 spiro atoms. The van der Waals surface area contributed by atoms with Crippen molar-refractivity contribution in [2.24, 2.45) is 0 Å². The first kappa shape index (κ1) is 29.9. The van der Waals surface area contributed by atoms with Crippen LogP contribution in [0.25, 0.3) is 5.32 Å². The molecule has 0 amide bonds. The fourth-order valence-electron chi connectivity index (χ4n) is 4.44. The van der Waals surface area contributed by atoms with E-state index in [4.69, 9.17) is 5.32 Å². The summed E-state index contributed by atoms with van der Waals surface area (Å²) in [4.78, 5) is 42.9. The number of anilines is 1. The summed E-state index contributed by atoms with van der Waals surface area (Å²) < 4.78 is 0. The van der Waals surface area contributed by atoms with Gasteiger partial charge < -0.3 is 10.6 Å². The Bertz CT molecular complexity index is 1660. The first-order chi connectivity index (χ1) is 20.1. The summed E-state index contributed by atoms with van der Waals surface area (Å²) in [5, 5.41) is 8.00. The standard InChI is InChI=1S/C36H27N2O3.Ni/c39-34(26-16-6-1-7-17-26)31(32(37-29-22-12-4-13-23-29)35(40)27-18-8-2-9-19-27)33(38-30-24-14-5-15-25-30)36(41)28-20-10-3-11-21-28;/h1-25,32H,(H,38,39);/q-1;/t32-;/m1./s1. The molecule has 0 saturated carbocycles. The number of nitrogens with one attached hydrogen (secondary N) is 1. The molecule has 5 aromatic carbocycles. The minimum atomic E-state index is -1.31. The van der Waals surface area contributed by atoms with Gasteiger partial charge in [0.2, 0.25) is 5.78 Å². The molecular weight excluding hydrogens is 567 g/mol. The van der Waals surface area contributed by atoms with Crippen molar-refractivity contribution >= 4 is 28.7 Å². The molecule has 6 heteroatoms. The number of ketones is 3. The van der Waals surface area contributed by atoms with Crippen LogP contribution in [0, 0.1) is 0 Å². The number of hydrogen-bond acceptors (Lipinski definition) is 4. The Morgan fingerprint density at radius 1 is 0.500 bits per heavy atom. The monoisotopic (exact) mass is 593 g/mol. The van der Waals surface area contributed by atoms with Gasteiger partial charge in [-0.25, -0.2) is 0 Å².